The maximum absolute atomic E-state index is 13.0. The molecule has 1 fully saturated rings. The first kappa shape index (κ1) is 26.3. The van der Waals surface area contributed by atoms with Crippen molar-refractivity contribution in [2.45, 2.75) is 20.0 Å². The summed E-state index contributed by atoms with van der Waals surface area (Å²) in [4.78, 5) is 30.2. The molecule has 39 heavy (non-hydrogen) atoms. The molecule has 2 atom stereocenters. The second kappa shape index (κ2) is 11.6. The Labute approximate surface area is 226 Å². The summed E-state index contributed by atoms with van der Waals surface area (Å²) in [6.07, 6.45) is 0.284. The molecule has 200 valence electrons. The number of para-hydroxylation sites is 1. The van der Waals surface area contributed by atoms with Crippen LogP contribution in [0.1, 0.15) is 18.1 Å². The number of benzene rings is 3. The fourth-order valence-corrected chi connectivity index (χ4v) is 5.28. The topological polar surface area (TPSA) is 110 Å². The van der Waals surface area contributed by atoms with E-state index in [0.29, 0.717) is 12.4 Å². The number of carbonyl (C=O) groups excluding carboxylic acids is 2. The van der Waals surface area contributed by atoms with Gasteiger partial charge in [-0.1, -0.05) is 60.7 Å². The first-order valence-corrected chi connectivity index (χ1v) is 13.0. The molecule has 8 nitrogen and oxygen atoms in total. The molecule has 1 aliphatic heterocycles. The van der Waals surface area contributed by atoms with Crippen LogP contribution in [0.3, 0.4) is 0 Å². The van der Waals surface area contributed by atoms with Crippen LogP contribution in [0.15, 0.2) is 84.9 Å². The fraction of sp³-hybridized carbons (Fsp3) is 0.258. The lowest BCUT2D eigenvalue weighted by atomic mass is 9.73. The molecule has 3 N–H and O–H groups in total. The number of hydrogen-bond donors (Lipinski definition) is 3. The minimum absolute atomic E-state index is 0.205. The van der Waals surface area contributed by atoms with E-state index in [2.05, 4.69) is 11.4 Å². The van der Waals surface area contributed by atoms with Gasteiger partial charge < -0.3 is 14.8 Å². The quantitative estimate of drug-likeness (QED) is 0.170. The van der Waals surface area contributed by atoms with Crippen molar-refractivity contribution in [2.24, 2.45) is 11.3 Å². The van der Waals surface area contributed by atoms with E-state index in [9.17, 15) is 14.8 Å². The van der Waals surface area contributed by atoms with E-state index in [1.807, 2.05) is 78.9 Å². The van der Waals surface area contributed by atoms with Gasteiger partial charge >= 0.3 is 5.97 Å². The Morgan fingerprint density at radius 2 is 1.79 bits per heavy atom. The van der Waals surface area contributed by atoms with Crippen molar-refractivity contribution >= 4 is 22.8 Å². The highest BCUT2D eigenvalue weighted by Crippen LogP contribution is 2.37. The highest BCUT2D eigenvalue weighted by Gasteiger charge is 2.53. The molecule has 5 rings (SSSR count). The predicted molar refractivity (Wildman–Crippen MR) is 147 cm³/mol. The van der Waals surface area contributed by atoms with E-state index in [1.165, 1.54) is 0 Å². The molecule has 2 heterocycles. The Kier molecular flexibility index (Phi) is 7.86. The van der Waals surface area contributed by atoms with Crippen LogP contribution in [0, 0.1) is 11.3 Å². The number of nitrogens with zero attached hydrogens (tertiary/aromatic N) is 1. The van der Waals surface area contributed by atoms with E-state index >= 15 is 0 Å². The van der Waals surface area contributed by atoms with Crippen LogP contribution in [-0.4, -0.2) is 41.8 Å². The molecule has 3 aromatic carbocycles. The van der Waals surface area contributed by atoms with Crippen molar-refractivity contribution in [3.8, 4) is 17.0 Å². The number of hydroxylamine groups is 1. The summed E-state index contributed by atoms with van der Waals surface area (Å²) in [5.41, 5.74) is 5.31. The van der Waals surface area contributed by atoms with Gasteiger partial charge in [-0.05, 0) is 43.2 Å². The average Bonchev–Trinajstić information content (AvgIpc) is 3.41. The largest absolute Gasteiger partial charge is 0.489 e. The minimum Gasteiger partial charge on any atom is -0.489 e. The summed E-state index contributed by atoms with van der Waals surface area (Å²) < 4.78 is 11.5. The molecule has 0 radical (unpaired) electrons. The van der Waals surface area contributed by atoms with Crippen molar-refractivity contribution in [1.29, 1.82) is 0 Å². The van der Waals surface area contributed by atoms with Crippen LogP contribution in [0.4, 0.5) is 0 Å². The Balaban J connectivity index is 1.35. The van der Waals surface area contributed by atoms with Crippen LogP contribution in [0.5, 0.6) is 5.75 Å². The summed E-state index contributed by atoms with van der Waals surface area (Å²) >= 11 is 0. The Bertz CT molecular complexity index is 1460. The van der Waals surface area contributed by atoms with Gasteiger partial charge in [0, 0.05) is 29.6 Å². The average molecular weight is 526 g/mol. The van der Waals surface area contributed by atoms with Crippen molar-refractivity contribution in [3.63, 3.8) is 0 Å². The molecule has 0 bridgehead atoms. The molecule has 4 aromatic rings. The molecular weight excluding hydrogens is 494 g/mol. The van der Waals surface area contributed by atoms with Crippen LogP contribution in [-0.2, 0) is 27.4 Å². The smallest absolute Gasteiger partial charge is 0.314 e. The van der Waals surface area contributed by atoms with Gasteiger partial charge in [-0.3, -0.25) is 14.8 Å². The Morgan fingerprint density at radius 3 is 2.54 bits per heavy atom. The summed E-state index contributed by atoms with van der Waals surface area (Å²) in [5, 5.41) is 13.4. The number of fused-ring (bicyclic) bond motifs is 1. The third kappa shape index (κ3) is 5.48. The van der Waals surface area contributed by atoms with Gasteiger partial charge in [-0.15, -0.1) is 0 Å². The number of carbonyl (C=O) groups is 2. The highest BCUT2D eigenvalue weighted by molar-refractivity contribution is 5.89. The number of amides is 1. The predicted octanol–water partition coefficient (Wildman–Crippen LogP) is 4.30. The number of pyridine rings is 1. The van der Waals surface area contributed by atoms with E-state index in [-0.39, 0.29) is 26.1 Å². The van der Waals surface area contributed by atoms with Gasteiger partial charge in [0.05, 0.1) is 29.2 Å². The fourth-order valence-electron chi connectivity index (χ4n) is 5.28. The van der Waals surface area contributed by atoms with Crippen molar-refractivity contribution in [3.05, 3.63) is 96.1 Å². The highest BCUT2D eigenvalue weighted by atomic mass is 16.5. The summed E-state index contributed by atoms with van der Waals surface area (Å²) in [5.74, 6) is -1.13. The molecule has 1 amide bonds. The second-order valence-corrected chi connectivity index (χ2v) is 9.70. The van der Waals surface area contributed by atoms with Gasteiger partial charge in [0.1, 0.15) is 12.4 Å². The first-order valence-electron chi connectivity index (χ1n) is 13.0. The molecule has 0 saturated carbocycles. The lowest BCUT2D eigenvalue weighted by Gasteiger charge is -2.31. The van der Waals surface area contributed by atoms with E-state index in [1.54, 1.807) is 12.4 Å². The number of esters is 1. The molecule has 0 spiro atoms. The van der Waals surface area contributed by atoms with Crippen molar-refractivity contribution in [2.75, 3.05) is 19.7 Å². The number of hydrogen-bond acceptors (Lipinski definition) is 7. The van der Waals surface area contributed by atoms with Crippen LogP contribution >= 0.6 is 0 Å². The number of rotatable bonds is 9. The monoisotopic (exact) mass is 525 g/mol. The van der Waals surface area contributed by atoms with Crippen LogP contribution in [0.25, 0.3) is 22.2 Å². The van der Waals surface area contributed by atoms with Gasteiger partial charge in [0.2, 0.25) is 5.91 Å². The Morgan fingerprint density at radius 1 is 1.05 bits per heavy atom. The lowest BCUT2D eigenvalue weighted by molar-refractivity contribution is -0.161. The number of aromatic nitrogens is 1. The van der Waals surface area contributed by atoms with Crippen LogP contribution in [0.2, 0.25) is 0 Å². The molecule has 1 aliphatic rings. The molecule has 1 saturated heterocycles. The Hall–Kier alpha value is -4.27. The molecule has 0 unspecified atom stereocenters. The summed E-state index contributed by atoms with van der Waals surface area (Å²) in [6.45, 7) is 2.85. The SMILES string of the molecule is CCOC(=O)[C@@]1(Cc2ccc(OCc3cc(-c4ccccc4)nc4ccccc34)cc2)CNC[C@@H]1C(=O)NO. The van der Waals surface area contributed by atoms with E-state index in [4.69, 9.17) is 14.5 Å². The summed E-state index contributed by atoms with van der Waals surface area (Å²) in [6, 6.07) is 27.6. The number of nitrogens with one attached hydrogen (secondary N) is 2. The zero-order valence-corrected chi connectivity index (χ0v) is 21.7. The summed E-state index contributed by atoms with van der Waals surface area (Å²) in [7, 11) is 0. The van der Waals surface area contributed by atoms with Crippen LogP contribution < -0.4 is 15.5 Å². The van der Waals surface area contributed by atoms with Gasteiger partial charge in [0.15, 0.2) is 0 Å². The number of ether oxygens (including phenoxy) is 2. The zero-order chi connectivity index (χ0) is 27.2. The second-order valence-electron chi connectivity index (χ2n) is 9.70. The normalized spacial score (nSPS) is 18.6. The van der Waals surface area contributed by atoms with Crippen molar-refractivity contribution < 1.29 is 24.3 Å². The van der Waals surface area contributed by atoms with Gasteiger partial charge in [-0.2, -0.15) is 0 Å². The third-order valence-corrected chi connectivity index (χ3v) is 7.27. The standard InChI is InChI=1S/C31H31N3O5/c1-2-38-30(36)31(20-32-18-26(31)29(35)34-37)17-21-12-14-24(15-13-21)39-19-23-16-28(22-8-4-3-5-9-22)33-27-11-7-6-10-25(23)27/h3-16,26,32,37H,2,17-20H2,1H3,(H,34,35)/t26-,31+/m1/s1. The van der Waals surface area contributed by atoms with Crippen molar-refractivity contribution in [1.82, 2.24) is 15.8 Å². The third-order valence-electron chi connectivity index (χ3n) is 7.27. The first-order chi connectivity index (χ1) is 19.0. The molecular formula is C31H31N3O5. The molecule has 0 aliphatic carbocycles. The maximum Gasteiger partial charge on any atom is 0.314 e. The maximum atomic E-state index is 13.0. The van der Waals surface area contributed by atoms with E-state index in [0.717, 1.165) is 33.3 Å². The lowest BCUT2D eigenvalue weighted by Crippen LogP contribution is -2.48. The molecule has 8 heteroatoms. The van der Waals surface area contributed by atoms with Gasteiger partial charge in [-0.25, -0.2) is 10.5 Å². The van der Waals surface area contributed by atoms with E-state index < -0.39 is 23.2 Å². The molecule has 1 aromatic heterocycles. The minimum atomic E-state index is -1.12. The van der Waals surface area contributed by atoms with Gasteiger partial charge in [0.25, 0.3) is 0 Å². The zero-order valence-electron chi connectivity index (χ0n) is 21.7.